The predicted octanol–water partition coefficient (Wildman–Crippen LogP) is 0.779. The van der Waals surface area contributed by atoms with Gasteiger partial charge < -0.3 is 5.73 Å². The second kappa shape index (κ2) is 6.41. The molecule has 0 bridgehead atoms. The lowest BCUT2D eigenvalue weighted by Gasteiger charge is -2.36. The van der Waals surface area contributed by atoms with Crippen LogP contribution in [0.15, 0.2) is 0 Å². The Bertz CT molecular complexity index is 332. The average molecular weight is 280 g/mol. The summed E-state index contributed by atoms with van der Waals surface area (Å²) in [7, 11) is -3.00. The van der Waals surface area contributed by atoms with Gasteiger partial charge in [0.05, 0.1) is 0 Å². The molecule has 1 rings (SSSR count). The third-order valence-electron chi connectivity index (χ3n) is 3.50. The first kappa shape index (κ1) is 15.3. The smallest absolute Gasteiger partial charge is 0.164 e. The summed E-state index contributed by atoms with van der Waals surface area (Å²) in [5, 5.41) is -0.351. The van der Waals surface area contributed by atoms with Crippen LogP contribution in [0.5, 0.6) is 0 Å². The molecule has 1 heterocycles. The van der Waals surface area contributed by atoms with Crippen molar-refractivity contribution in [1.82, 2.24) is 4.90 Å². The van der Waals surface area contributed by atoms with Crippen molar-refractivity contribution in [1.29, 1.82) is 0 Å². The molecule has 1 aliphatic rings. The Morgan fingerprint density at radius 1 is 1.53 bits per heavy atom. The van der Waals surface area contributed by atoms with Crippen molar-refractivity contribution in [2.75, 3.05) is 30.9 Å². The first-order valence-corrected chi connectivity index (χ1v) is 9.23. The molecule has 1 fully saturated rings. The van der Waals surface area contributed by atoms with E-state index in [9.17, 15) is 8.42 Å². The van der Waals surface area contributed by atoms with Crippen LogP contribution in [0.4, 0.5) is 0 Å². The van der Waals surface area contributed by atoms with E-state index in [0.717, 1.165) is 18.7 Å². The molecular weight excluding hydrogens is 256 g/mol. The van der Waals surface area contributed by atoms with Gasteiger partial charge in [-0.05, 0) is 5.92 Å². The van der Waals surface area contributed by atoms with Crippen molar-refractivity contribution >= 4 is 21.6 Å². The van der Waals surface area contributed by atoms with Crippen LogP contribution >= 0.6 is 11.8 Å². The topological polar surface area (TPSA) is 63.4 Å². The minimum absolute atomic E-state index is 0.0624. The molecule has 0 aromatic rings. The molecule has 4 nitrogen and oxygen atoms in total. The monoisotopic (exact) mass is 280 g/mol. The van der Waals surface area contributed by atoms with Gasteiger partial charge in [-0.1, -0.05) is 20.3 Å². The zero-order chi connectivity index (χ0) is 13.1. The quantitative estimate of drug-likeness (QED) is 0.806. The molecule has 0 saturated carbocycles. The molecule has 17 heavy (non-hydrogen) atoms. The van der Waals surface area contributed by atoms with Crippen molar-refractivity contribution in [3.05, 3.63) is 0 Å². The summed E-state index contributed by atoms with van der Waals surface area (Å²) >= 11 is 1.71. The maximum atomic E-state index is 11.7. The average Bonchev–Trinajstić information content (AvgIpc) is 2.27. The molecule has 3 unspecified atom stereocenters. The molecule has 6 heteroatoms. The number of rotatable bonds is 5. The number of sulfone groups is 1. The Morgan fingerprint density at radius 3 is 2.71 bits per heavy atom. The van der Waals surface area contributed by atoms with E-state index >= 15 is 0 Å². The number of nitrogens with two attached hydrogens (primary N) is 1. The Kier molecular flexibility index (Phi) is 5.76. The third kappa shape index (κ3) is 4.43. The SMILES string of the molecule is CCC(C)C(N)CN1CCSCC1S(C)(=O)=O. The van der Waals surface area contributed by atoms with Gasteiger partial charge in [-0.15, -0.1) is 0 Å². The second-order valence-electron chi connectivity index (χ2n) is 4.90. The van der Waals surface area contributed by atoms with Gasteiger partial charge in [-0.2, -0.15) is 11.8 Å². The highest BCUT2D eigenvalue weighted by molar-refractivity contribution is 8.00. The fourth-order valence-corrected chi connectivity index (χ4v) is 4.93. The molecule has 0 radical (unpaired) electrons. The van der Waals surface area contributed by atoms with Gasteiger partial charge in [-0.25, -0.2) is 8.42 Å². The van der Waals surface area contributed by atoms with Gasteiger partial charge in [0, 0.05) is 36.9 Å². The lowest BCUT2D eigenvalue weighted by molar-refractivity contribution is 0.229. The summed E-state index contributed by atoms with van der Waals surface area (Å²) in [5.74, 6) is 2.11. The van der Waals surface area contributed by atoms with Gasteiger partial charge >= 0.3 is 0 Å². The van der Waals surface area contributed by atoms with Crippen LogP contribution in [0.25, 0.3) is 0 Å². The number of nitrogens with zero attached hydrogens (tertiary/aromatic N) is 1. The van der Waals surface area contributed by atoms with Gasteiger partial charge in [-0.3, -0.25) is 4.90 Å². The summed E-state index contributed by atoms with van der Waals surface area (Å²) in [5.41, 5.74) is 6.12. The van der Waals surface area contributed by atoms with Crippen molar-refractivity contribution < 1.29 is 8.42 Å². The molecule has 1 saturated heterocycles. The van der Waals surface area contributed by atoms with Crippen LogP contribution in [0.2, 0.25) is 0 Å². The largest absolute Gasteiger partial charge is 0.326 e. The number of hydrogen-bond acceptors (Lipinski definition) is 5. The minimum atomic E-state index is -3.00. The fourth-order valence-electron chi connectivity index (χ4n) is 1.97. The zero-order valence-corrected chi connectivity index (χ0v) is 12.6. The summed E-state index contributed by atoms with van der Waals surface area (Å²) in [4.78, 5) is 2.04. The minimum Gasteiger partial charge on any atom is -0.326 e. The van der Waals surface area contributed by atoms with Gasteiger partial charge in [0.25, 0.3) is 0 Å². The van der Waals surface area contributed by atoms with Gasteiger partial charge in [0.2, 0.25) is 0 Å². The molecule has 2 N–H and O–H groups in total. The highest BCUT2D eigenvalue weighted by Gasteiger charge is 2.32. The lowest BCUT2D eigenvalue weighted by Crippen LogP contribution is -2.52. The van der Waals surface area contributed by atoms with E-state index in [0.29, 0.717) is 18.2 Å². The zero-order valence-electron chi connectivity index (χ0n) is 10.9. The summed E-state index contributed by atoms with van der Waals surface area (Å²) in [6.07, 6.45) is 2.36. The van der Waals surface area contributed by atoms with Crippen LogP contribution < -0.4 is 5.73 Å². The molecule has 0 aromatic carbocycles. The van der Waals surface area contributed by atoms with Crippen LogP contribution in [0.1, 0.15) is 20.3 Å². The van der Waals surface area contributed by atoms with E-state index in [-0.39, 0.29) is 11.4 Å². The van der Waals surface area contributed by atoms with Gasteiger partial charge in [0.1, 0.15) is 5.37 Å². The summed E-state index contributed by atoms with van der Waals surface area (Å²) in [6, 6.07) is 0.0624. The Hall–Kier alpha value is 0.220. The van der Waals surface area contributed by atoms with Gasteiger partial charge in [0.15, 0.2) is 9.84 Å². The highest BCUT2D eigenvalue weighted by atomic mass is 32.2. The second-order valence-corrected chi connectivity index (χ2v) is 8.26. The molecule has 0 aromatic heterocycles. The maximum Gasteiger partial charge on any atom is 0.164 e. The van der Waals surface area contributed by atoms with Crippen molar-refractivity contribution in [3.63, 3.8) is 0 Å². The normalized spacial score (nSPS) is 26.7. The maximum absolute atomic E-state index is 11.7. The summed E-state index contributed by atoms with van der Waals surface area (Å²) in [6.45, 7) is 5.75. The molecule has 1 aliphatic heterocycles. The Balaban J connectivity index is 2.66. The molecule has 0 amide bonds. The molecule has 102 valence electrons. The van der Waals surface area contributed by atoms with E-state index in [1.807, 2.05) is 4.90 Å². The first-order chi connectivity index (χ1) is 7.86. The van der Waals surface area contributed by atoms with E-state index in [1.165, 1.54) is 6.26 Å². The van der Waals surface area contributed by atoms with Crippen molar-refractivity contribution in [2.45, 2.75) is 31.7 Å². The molecule has 0 aliphatic carbocycles. The van der Waals surface area contributed by atoms with E-state index in [2.05, 4.69) is 13.8 Å². The predicted molar refractivity (Wildman–Crippen MR) is 75.0 cm³/mol. The first-order valence-electron chi connectivity index (χ1n) is 6.12. The van der Waals surface area contributed by atoms with Crippen molar-refractivity contribution in [3.8, 4) is 0 Å². The van der Waals surface area contributed by atoms with E-state index < -0.39 is 9.84 Å². The number of hydrogen-bond donors (Lipinski definition) is 1. The molecule has 3 atom stereocenters. The van der Waals surface area contributed by atoms with Crippen LogP contribution in [-0.2, 0) is 9.84 Å². The molecular formula is C11H24N2O2S2. The Labute approximate surface area is 109 Å². The Morgan fingerprint density at radius 2 is 2.18 bits per heavy atom. The number of thioether (sulfide) groups is 1. The lowest BCUT2D eigenvalue weighted by atomic mass is 10.00. The standard InChI is InChI=1S/C11H24N2O2S2/c1-4-9(2)10(12)7-13-5-6-16-8-11(13)17(3,14)15/h9-11H,4-8,12H2,1-3H3. The van der Waals surface area contributed by atoms with E-state index in [4.69, 9.17) is 5.73 Å². The highest BCUT2D eigenvalue weighted by Crippen LogP contribution is 2.21. The van der Waals surface area contributed by atoms with Crippen molar-refractivity contribution in [2.24, 2.45) is 11.7 Å². The fraction of sp³-hybridized carbons (Fsp3) is 1.00. The third-order valence-corrected chi connectivity index (χ3v) is 6.19. The summed E-state index contributed by atoms with van der Waals surface area (Å²) < 4.78 is 23.4. The van der Waals surface area contributed by atoms with Crippen LogP contribution in [-0.4, -0.2) is 55.6 Å². The van der Waals surface area contributed by atoms with E-state index in [1.54, 1.807) is 11.8 Å². The molecule has 0 spiro atoms. The van der Waals surface area contributed by atoms with Crippen LogP contribution in [0.3, 0.4) is 0 Å². The van der Waals surface area contributed by atoms with Crippen LogP contribution in [0, 0.1) is 5.92 Å².